The normalized spacial score (nSPS) is 18.1. The second-order valence-electron chi connectivity index (χ2n) is 5.04. The lowest BCUT2D eigenvalue weighted by Crippen LogP contribution is -2.21. The smallest absolute Gasteiger partial charge is 0.205 e. The largest absolute Gasteiger partial charge is 0.329 e. The maximum absolute atomic E-state index is 12.7. The Balaban J connectivity index is 1.98. The standard InChI is InChI=1S/C16H18N2O/c1-2-18-11-10-17-16(18)15(19)14-9-5-7-12-6-3-4-8-13(12)14/h3-4,6,8,10-11,14H,2,5,7,9H2,1H3. The number of nitrogens with zero attached hydrogens (tertiary/aromatic N) is 2. The molecule has 1 aliphatic carbocycles. The summed E-state index contributed by atoms with van der Waals surface area (Å²) in [4.78, 5) is 17.0. The third-order valence-corrected chi connectivity index (χ3v) is 3.96. The summed E-state index contributed by atoms with van der Waals surface area (Å²) in [7, 11) is 0. The molecule has 1 heterocycles. The van der Waals surface area contributed by atoms with Gasteiger partial charge in [0.1, 0.15) is 0 Å². The Bertz CT molecular complexity index is 600. The average Bonchev–Trinajstić information content (AvgIpc) is 2.94. The van der Waals surface area contributed by atoms with Crippen LogP contribution in [-0.4, -0.2) is 15.3 Å². The summed E-state index contributed by atoms with van der Waals surface area (Å²) in [5.41, 5.74) is 2.52. The molecule has 0 fully saturated rings. The van der Waals surface area contributed by atoms with Gasteiger partial charge >= 0.3 is 0 Å². The number of hydrogen-bond donors (Lipinski definition) is 0. The summed E-state index contributed by atoms with van der Waals surface area (Å²) >= 11 is 0. The van der Waals surface area contributed by atoms with Gasteiger partial charge in [-0.05, 0) is 37.3 Å². The minimum atomic E-state index is -0.0161. The van der Waals surface area contributed by atoms with Crippen molar-refractivity contribution in [1.82, 2.24) is 9.55 Å². The van der Waals surface area contributed by atoms with E-state index in [1.165, 1.54) is 11.1 Å². The van der Waals surface area contributed by atoms with Gasteiger partial charge in [-0.3, -0.25) is 4.79 Å². The van der Waals surface area contributed by atoms with Crippen LogP contribution in [0.15, 0.2) is 36.7 Å². The predicted molar refractivity (Wildman–Crippen MR) is 74.4 cm³/mol. The fourth-order valence-corrected chi connectivity index (χ4v) is 2.97. The van der Waals surface area contributed by atoms with E-state index in [2.05, 4.69) is 23.2 Å². The zero-order valence-corrected chi connectivity index (χ0v) is 11.2. The van der Waals surface area contributed by atoms with Gasteiger partial charge in [0.05, 0.1) is 5.92 Å². The molecule has 19 heavy (non-hydrogen) atoms. The number of carbonyl (C=O) groups is 1. The molecule has 3 nitrogen and oxygen atoms in total. The van der Waals surface area contributed by atoms with Crippen LogP contribution in [0.1, 0.15) is 47.4 Å². The van der Waals surface area contributed by atoms with Crippen LogP contribution in [0.25, 0.3) is 0 Å². The molecule has 2 aromatic rings. The van der Waals surface area contributed by atoms with Gasteiger partial charge < -0.3 is 4.57 Å². The molecule has 1 aromatic carbocycles. The topological polar surface area (TPSA) is 34.9 Å². The van der Waals surface area contributed by atoms with E-state index in [4.69, 9.17) is 0 Å². The van der Waals surface area contributed by atoms with Crippen molar-refractivity contribution in [3.63, 3.8) is 0 Å². The SMILES string of the molecule is CCn1ccnc1C(=O)C1CCCc2ccccc21. The highest BCUT2D eigenvalue weighted by molar-refractivity contribution is 5.98. The number of aromatic nitrogens is 2. The first-order chi connectivity index (χ1) is 9.31. The number of fused-ring (bicyclic) bond motifs is 1. The second-order valence-corrected chi connectivity index (χ2v) is 5.04. The summed E-state index contributed by atoms with van der Waals surface area (Å²) in [5.74, 6) is 0.751. The van der Waals surface area contributed by atoms with Crippen LogP contribution in [0.3, 0.4) is 0 Å². The monoisotopic (exact) mass is 254 g/mol. The lowest BCUT2D eigenvalue weighted by atomic mass is 9.80. The third kappa shape index (κ3) is 2.09. The molecular formula is C16H18N2O. The highest BCUT2D eigenvalue weighted by Crippen LogP contribution is 2.33. The number of carbonyl (C=O) groups excluding carboxylic acids is 1. The van der Waals surface area contributed by atoms with E-state index < -0.39 is 0 Å². The van der Waals surface area contributed by atoms with Gasteiger partial charge in [-0.1, -0.05) is 24.3 Å². The number of hydrogen-bond acceptors (Lipinski definition) is 2. The Morgan fingerprint density at radius 3 is 3.11 bits per heavy atom. The van der Waals surface area contributed by atoms with E-state index in [-0.39, 0.29) is 11.7 Å². The van der Waals surface area contributed by atoms with Gasteiger partial charge in [0, 0.05) is 18.9 Å². The fourth-order valence-electron chi connectivity index (χ4n) is 2.97. The van der Waals surface area contributed by atoms with E-state index in [1.54, 1.807) is 6.20 Å². The van der Waals surface area contributed by atoms with Crippen LogP contribution >= 0.6 is 0 Å². The van der Waals surface area contributed by atoms with Crippen molar-refractivity contribution in [2.75, 3.05) is 0 Å². The van der Waals surface area contributed by atoms with Gasteiger partial charge in [-0.15, -0.1) is 0 Å². The summed E-state index contributed by atoms with van der Waals surface area (Å²) < 4.78 is 1.93. The molecule has 98 valence electrons. The van der Waals surface area contributed by atoms with Crippen molar-refractivity contribution in [3.8, 4) is 0 Å². The predicted octanol–water partition coefficient (Wildman–Crippen LogP) is 3.21. The first-order valence-electron chi connectivity index (χ1n) is 6.94. The van der Waals surface area contributed by atoms with E-state index in [1.807, 2.05) is 23.8 Å². The van der Waals surface area contributed by atoms with Gasteiger partial charge in [0.15, 0.2) is 5.82 Å². The number of aryl methyl sites for hydroxylation is 2. The molecule has 0 saturated carbocycles. The highest BCUT2D eigenvalue weighted by Gasteiger charge is 2.29. The first-order valence-corrected chi connectivity index (χ1v) is 6.94. The number of ketones is 1. The highest BCUT2D eigenvalue weighted by atomic mass is 16.1. The van der Waals surface area contributed by atoms with Gasteiger partial charge in [0.2, 0.25) is 5.78 Å². The van der Waals surface area contributed by atoms with Crippen molar-refractivity contribution in [3.05, 3.63) is 53.6 Å². The van der Waals surface area contributed by atoms with Gasteiger partial charge in [0.25, 0.3) is 0 Å². The van der Waals surface area contributed by atoms with Crippen LogP contribution < -0.4 is 0 Å². The fraction of sp³-hybridized carbons (Fsp3) is 0.375. The number of benzene rings is 1. The number of Topliss-reactive ketones (excluding diaryl/α,β-unsaturated/α-hetero) is 1. The molecule has 0 amide bonds. The van der Waals surface area contributed by atoms with E-state index >= 15 is 0 Å². The molecule has 3 rings (SSSR count). The minimum Gasteiger partial charge on any atom is -0.329 e. The van der Waals surface area contributed by atoms with Crippen molar-refractivity contribution < 1.29 is 4.79 Å². The molecule has 0 spiro atoms. The van der Waals surface area contributed by atoms with Crippen LogP contribution in [0.5, 0.6) is 0 Å². The summed E-state index contributed by atoms with van der Waals surface area (Å²) in [5, 5.41) is 0. The van der Waals surface area contributed by atoms with Crippen LogP contribution in [-0.2, 0) is 13.0 Å². The zero-order valence-electron chi connectivity index (χ0n) is 11.2. The first kappa shape index (κ1) is 12.2. The Morgan fingerprint density at radius 1 is 1.42 bits per heavy atom. The number of imidazole rings is 1. The Labute approximate surface area is 113 Å². The lowest BCUT2D eigenvalue weighted by Gasteiger charge is -2.24. The van der Waals surface area contributed by atoms with E-state index in [0.29, 0.717) is 5.82 Å². The van der Waals surface area contributed by atoms with Crippen LogP contribution in [0, 0.1) is 0 Å². The summed E-state index contributed by atoms with van der Waals surface area (Å²) in [6, 6.07) is 8.31. The molecule has 1 aromatic heterocycles. The maximum atomic E-state index is 12.7. The Hall–Kier alpha value is -1.90. The van der Waals surface area contributed by atoms with Crippen molar-refractivity contribution in [1.29, 1.82) is 0 Å². The van der Waals surface area contributed by atoms with Crippen LogP contribution in [0.4, 0.5) is 0 Å². The van der Waals surface area contributed by atoms with E-state index in [9.17, 15) is 4.79 Å². The molecule has 0 aliphatic heterocycles. The molecule has 0 radical (unpaired) electrons. The third-order valence-electron chi connectivity index (χ3n) is 3.96. The zero-order chi connectivity index (χ0) is 13.2. The second kappa shape index (κ2) is 5.00. The molecule has 1 aliphatic rings. The minimum absolute atomic E-state index is 0.0161. The Morgan fingerprint density at radius 2 is 2.26 bits per heavy atom. The summed E-state index contributed by atoms with van der Waals surface area (Å²) in [6.45, 7) is 2.82. The molecule has 1 atom stereocenters. The van der Waals surface area contributed by atoms with Crippen molar-refractivity contribution >= 4 is 5.78 Å². The molecule has 0 bridgehead atoms. The van der Waals surface area contributed by atoms with E-state index in [0.717, 1.165) is 25.8 Å². The molecular weight excluding hydrogens is 236 g/mol. The summed E-state index contributed by atoms with van der Waals surface area (Å²) in [6.07, 6.45) is 6.70. The average molecular weight is 254 g/mol. The van der Waals surface area contributed by atoms with Crippen molar-refractivity contribution in [2.45, 2.75) is 38.6 Å². The number of rotatable bonds is 3. The molecule has 0 saturated heterocycles. The quantitative estimate of drug-likeness (QED) is 0.788. The van der Waals surface area contributed by atoms with Crippen LogP contribution in [0.2, 0.25) is 0 Å². The molecule has 0 N–H and O–H groups in total. The lowest BCUT2D eigenvalue weighted by molar-refractivity contribution is 0.0936. The molecule has 3 heteroatoms. The van der Waals surface area contributed by atoms with Gasteiger partial charge in [-0.25, -0.2) is 4.98 Å². The van der Waals surface area contributed by atoms with Crippen molar-refractivity contribution in [2.24, 2.45) is 0 Å². The van der Waals surface area contributed by atoms with Gasteiger partial charge in [-0.2, -0.15) is 0 Å². The molecule has 1 unspecified atom stereocenters. The Kier molecular flexibility index (Phi) is 3.20. The maximum Gasteiger partial charge on any atom is 0.205 e.